The molecule has 2 rings (SSSR count). The van der Waals surface area contributed by atoms with E-state index in [1.165, 1.54) is 6.33 Å². The molecule has 0 aliphatic carbocycles. The molecule has 19 heavy (non-hydrogen) atoms. The van der Waals surface area contributed by atoms with Crippen LogP contribution in [0, 0.1) is 5.92 Å². The maximum absolute atomic E-state index is 6.00. The van der Waals surface area contributed by atoms with Gasteiger partial charge in [-0.1, -0.05) is 25.4 Å². The van der Waals surface area contributed by atoms with Crippen LogP contribution in [0.3, 0.4) is 0 Å². The van der Waals surface area contributed by atoms with Gasteiger partial charge in [0.25, 0.3) is 0 Å². The largest absolute Gasteiger partial charge is 0.374 e. The van der Waals surface area contributed by atoms with E-state index in [0.29, 0.717) is 23.3 Å². The fraction of sp³-hybridized carbons (Fsp3) is 0.692. The molecule has 0 amide bonds. The molecule has 106 valence electrons. The molecule has 0 spiro atoms. The molecule has 0 bridgehead atoms. The van der Waals surface area contributed by atoms with Crippen molar-refractivity contribution in [3.8, 4) is 0 Å². The van der Waals surface area contributed by atoms with Crippen LogP contribution in [0.25, 0.3) is 0 Å². The van der Waals surface area contributed by atoms with Gasteiger partial charge in [0.2, 0.25) is 0 Å². The van der Waals surface area contributed by atoms with Crippen LogP contribution in [0.2, 0.25) is 5.02 Å². The average Bonchev–Trinajstić information content (AvgIpc) is 2.37. The van der Waals surface area contributed by atoms with Crippen LogP contribution in [0.15, 0.2) is 12.5 Å². The van der Waals surface area contributed by atoms with Crippen molar-refractivity contribution in [2.45, 2.75) is 20.0 Å². The Kier molecular flexibility index (Phi) is 5.36. The van der Waals surface area contributed by atoms with Crippen molar-refractivity contribution in [2.75, 3.05) is 38.1 Å². The van der Waals surface area contributed by atoms with Crippen LogP contribution in [0.5, 0.6) is 0 Å². The zero-order valence-electron chi connectivity index (χ0n) is 11.5. The maximum Gasteiger partial charge on any atom is 0.148 e. The second kappa shape index (κ2) is 7.03. The predicted octanol–water partition coefficient (Wildman–Crippen LogP) is 1.90. The third kappa shape index (κ3) is 4.60. The van der Waals surface area contributed by atoms with Crippen molar-refractivity contribution in [1.82, 2.24) is 14.9 Å². The molecule has 1 aliphatic heterocycles. The molecule has 0 unspecified atom stereocenters. The Bertz CT molecular complexity index is 402. The Morgan fingerprint density at radius 3 is 3.16 bits per heavy atom. The van der Waals surface area contributed by atoms with E-state index in [-0.39, 0.29) is 6.10 Å². The van der Waals surface area contributed by atoms with E-state index < -0.39 is 0 Å². The summed E-state index contributed by atoms with van der Waals surface area (Å²) in [6.45, 7) is 9.07. The molecule has 1 atom stereocenters. The third-order valence-corrected chi connectivity index (χ3v) is 3.29. The molecule has 1 fully saturated rings. The van der Waals surface area contributed by atoms with Gasteiger partial charge in [-0.05, 0) is 5.92 Å². The normalized spacial score (nSPS) is 20.7. The minimum Gasteiger partial charge on any atom is -0.374 e. The van der Waals surface area contributed by atoms with E-state index in [1.54, 1.807) is 6.20 Å². The summed E-state index contributed by atoms with van der Waals surface area (Å²) >= 11 is 6.00. The maximum atomic E-state index is 6.00. The summed E-state index contributed by atoms with van der Waals surface area (Å²) in [6.07, 6.45) is 3.25. The molecule has 1 N–H and O–H groups in total. The first-order valence-corrected chi connectivity index (χ1v) is 7.06. The summed E-state index contributed by atoms with van der Waals surface area (Å²) in [5.41, 5.74) is 0. The van der Waals surface area contributed by atoms with Crippen LogP contribution in [-0.4, -0.2) is 53.8 Å². The lowest BCUT2D eigenvalue weighted by Gasteiger charge is -2.34. The summed E-state index contributed by atoms with van der Waals surface area (Å²) in [6, 6.07) is 0. The number of ether oxygens (including phenoxy) is 1. The van der Waals surface area contributed by atoms with Gasteiger partial charge in [0, 0.05) is 26.2 Å². The molecule has 1 aromatic heterocycles. The van der Waals surface area contributed by atoms with E-state index in [0.717, 1.165) is 26.2 Å². The molecule has 0 saturated carbocycles. The molecule has 5 nitrogen and oxygen atoms in total. The van der Waals surface area contributed by atoms with E-state index in [2.05, 4.69) is 34.0 Å². The van der Waals surface area contributed by atoms with Crippen LogP contribution in [-0.2, 0) is 4.74 Å². The smallest absolute Gasteiger partial charge is 0.148 e. The van der Waals surface area contributed by atoms with Crippen LogP contribution in [0.1, 0.15) is 13.8 Å². The highest BCUT2D eigenvalue weighted by Gasteiger charge is 2.21. The number of nitrogens with zero attached hydrogens (tertiary/aromatic N) is 3. The van der Waals surface area contributed by atoms with Crippen molar-refractivity contribution in [1.29, 1.82) is 0 Å². The van der Waals surface area contributed by atoms with Gasteiger partial charge in [0.1, 0.15) is 17.2 Å². The molecule has 1 saturated heterocycles. The van der Waals surface area contributed by atoms with Crippen molar-refractivity contribution in [3.05, 3.63) is 17.5 Å². The minimum atomic E-state index is 0.179. The highest BCUT2D eigenvalue weighted by molar-refractivity contribution is 6.32. The van der Waals surface area contributed by atoms with E-state index in [4.69, 9.17) is 16.3 Å². The summed E-state index contributed by atoms with van der Waals surface area (Å²) < 4.78 is 5.76. The second-order valence-electron chi connectivity index (χ2n) is 5.25. The highest BCUT2D eigenvalue weighted by atomic mass is 35.5. The Hall–Kier alpha value is -0.910. The zero-order valence-corrected chi connectivity index (χ0v) is 12.2. The number of hydrogen-bond acceptors (Lipinski definition) is 5. The topological polar surface area (TPSA) is 50.3 Å². The van der Waals surface area contributed by atoms with Gasteiger partial charge in [0.15, 0.2) is 0 Å². The van der Waals surface area contributed by atoms with Crippen LogP contribution >= 0.6 is 11.6 Å². The predicted molar refractivity (Wildman–Crippen MR) is 76.5 cm³/mol. The van der Waals surface area contributed by atoms with E-state index in [9.17, 15) is 0 Å². The zero-order chi connectivity index (χ0) is 13.7. The summed E-state index contributed by atoms with van der Waals surface area (Å²) in [4.78, 5) is 10.4. The second-order valence-corrected chi connectivity index (χ2v) is 5.65. The van der Waals surface area contributed by atoms with Crippen molar-refractivity contribution in [3.63, 3.8) is 0 Å². The Balaban J connectivity index is 1.81. The van der Waals surface area contributed by atoms with Gasteiger partial charge >= 0.3 is 0 Å². The molecule has 2 heterocycles. The van der Waals surface area contributed by atoms with Crippen LogP contribution in [0.4, 0.5) is 5.82 Å². The van der Waals surface area contributed by atoms with Crippen LogP contribution < -0.4 is 5.32 Å². The minimum absolute atomic E-state index is 0.179. The van der Waals surface area contributed by atoms with Gasteiger partial charge in [-0.15, -0.1) is 0 Å². The van der Waals surface area contributed by atoms with Gasteiger partial charge in [-0.3, -0.25) is 4.90 Å². The first-order valence-electron chi connectivity index (χ1n) is 6.68. The molecule has 1 aliphatic rings. The number of hydrogen-bond donors (Lipinski definition) is 1. The number of anilines is 1. The molecular formula is C13H21ClN4O. The first-order chi connectivity index (χ1) is 9.15. The SMILES string of the molecule is CC(C)CN1CCO[C@H](CNc2ncncc2Cl)C1. The number of aromatic nitrogens is 2. The van der Waals surface area contributed by atoms with Crippen molar-refractivity contribution in [2.24, 2.45) is 5.92 Å². The third-order valence-electron chi connectivity index (χ3n) is 3.01. The van der Waals surface area contributed by atoms with Gasteiger partial charge in [0.05, 0.1) is 18.9 Å². The monoisotopic (exact) mass is 284 g/mol. The van der Waals surface area contributed by atoms with Gasteiger partial charge in [-0.2, -0.15) is 0 Å². The number of halogens is 1. The molecule has 0 aromatic carbocycles. The summed E-state index contributed by atoms with van der Waals surface area (Å²) in [7, 11) is 0. The number of morpholine rings is 1. The Labute approximate surface area is 119 Å². The number of nitrogens with one attached hydrogen (secondary N) is 1. The van der Waals surface area contributed by atoms with Crippen molar-refractivity contribution < 1.29 is 4.74 Å². The Morgan fingerprint density at radius 1 is 1.58 bits per heavy atom. The highest BCUT2D eigenvalue weighted by Crippen LogP contribution is 2.16. The molecule has 6 heteroatoms. The quantitative estimate of drug-likeness (QED) is 0.895. The van der Waals surface area contributed by atoms with Crippen molar-refractivity contribution >= 4 is 17.4 Å². The summed E-state index contributed by atoms with van der Waals surface area (Å²) in [5, 5.41) is 3.76. The van der Waals surface area contributed by atoms with Gasteiger partial charge in [-0.25, -0.2) is 9.97 Å². The standard InChI is InChI=1S/C13H21ClN4O/c1-10(2)7-18-3-4-19-11(8-18)5-16-13-12(14)6-15-9-17-13/h6,9-11H,3-5,7-8H2,1-2H3,(H,15,16,17)/t11-/m1/s1. The van der Waals surface area contributed by atoms with E-state index >= 15 is 0 Å². The average molecular weight is 285 g/mol. The first kappa shape index (κ1) is 14.5. The lowest BCUT2D eigenvalue weighted by atomic mass is 10.2. The lowest BCUT2D eigenvalue weighted by molar-refractivity contribution is -0.0244. The Morgan fingerprint density at radius 2 is 2.42 bits per heavy atom. The van der Waals surface area contributed by atoms with E-state index in [1.807, 2.05) is 0 Å². The fourth-order valence-electron chi connectivity index (χ4n) is 2.24. The summed E-state index contributed by atoms with van der Waals surface area (Å²) in [5.74, 6) is 1.35. The fourth-order valence-corrected chi connectivity index (χ4v) is 2.41. The molecule has 1 aromatic rings. The number of rotatable bonds is 5. The van der Waals surface area contributed by atoms with Gasteiger partial charge < -0.3 is 10.1 Å². The molecule has 0 radical (unpaired) electrons. The lowest BCUT2D eigenvalue weighted by Crippen LogP contribution is -2.46. The molecular weight excluding hydrogens is 264 g/mol.